The van der Waals surface area contributed by atoms with Crippen LogP contribution in [-0.4, -0.2) is 4.98 Å². The Morgan fingerprint density at radius 1 is 1.15 bits per heavy atom. The van der Waals surface area contributed by atoms with Crippen LogP contribution in [0.1, 0.15) is 9.98 Å². The van der Waals surface area contributed by atoms with Crippen molar-refractivity contribution < 1.29 is 0 Å². The molecular formula is C10H7BrClN. The molecule has 1 atom stereocenters. The summed E-state index contributed by atoms with van der Waals surface area (Å²) in [4.78, 5) is 4.40. The zero-order chi connectivity index (χ0) is 9.26. The van der Waals surface area contributed by atoms with Gasteiger partial charge in [-0.25, -0.2) is 0 Å². The molecule has 0 aliphatic rings. The third kappa shape index (κ3) is 1.84. The van der Waals surface area contributed by atoms with Gasteiger partial charge in [0, 0.05) is 5.39 Å². The summed E-state index contributed by atoms with van der Waals surface area (Å²) < 4.78 is -0.211. The predicted octanol–water partition coefficient (Wildman–Crippen LogP) is 3.87. The number of benzene rings is 1. The fraction of sp³-hybridized carbons (Fsp3) is 0.100. The SMILES string of the molecule is Cl[C@H](Br)c1ccc2ccccc2n1. The molecule has 1 aromatic carbocycles. The second kappa shape index (κ2) is 3.64. The highest BCUT2D eigenvalue weighted by atomic mass is 79.9. The Morgan fingerprint density at radius 3 is 2.69 bits per heavy atom. The van der Waals surface area contributed by atoms with Gasteiger partial charge in [0.15, 0.2) is 0 Å². The Labute approximate surface area is 89.9 Å². The van der Waals surface area contributed by atoms with Gasteiger partial charge in [0.05, 0.1) is 11.2 Å². The van der Waals surface area contributed by atoms with E-state index in [0.717, 1.165) is 16.6 Å². The lowest BCUT2D eigenvalue weighted by molar-refractivity contribution is 1.21. The van der Waals surface area contributed by atoms with Crippen LogP contribution in [0.25, 0.3) is 10.9 Å². The predicted molar refractivity (Wildman–Crippen MR) is 59.3 cm³/mol. The standard InChI is InChI=1S/C10H7BrClN/c11-10(12)9-6-5-7-3-1-2-4-8(7)13-9/h1-6,10H/t10-/m0/s1. The number of nitrogens with zero attached hydrogens (tertiary/aromatic N) is 1. The van der Waals surface area contributed by atoms with Gasteiger partial charge in [0.2, 0.25) is 0 Å². The molecule has 2 aromatic rings. The van der Waals surface area contributed by atoms with Gasteiger partial charge in [-0.15, -0.1) is 11.6 Å². The third-order valence-electron chi connectivity index (χ3n) is 1.84. The lowest BCUT2D eigenvalue weighted by atomic mass is 10.2. The molecular weight excluding hydrogens is 249 g/mol. The van der Waals surface area contributed by atoms with Crippen molar-refractivity contribution >= 4 is 38.4 Å². The van der Waals surface area contributed by atoms with E-state index in [0.29, 0.717) is 0 Å². The normalized spacial score (nSPS) is 13.1. The number of halogens is 2. The fourth-order valence-electron chi connectivity index (χ4n) is 1.20. The molecule has 0 saturated heterocycles. The summed E-state index contributed by atoms with van der Waals surface area (Å²) in [6.45, 7) is 0. The van der Waals surface area contributed by atoms with E-state index in [1.807, 2.05) is 36.4 Å². The molecule has 66 valence electrons. The fourth-order valence-corrected chi connectivity index (χ4v) is 1.58. The van der Waals surface area contributed by atoms with Gasteiger partial charge in [0.25, 0.3) is 0 Å². The van der Waals surface area contributed by atoms with Crippen LogP contribution in [0.3, 0.4) is 0 Å². The van der Waals surface area contributed by atoms with E-state index in [-0.39, 0.29) is 4.29 Å². The Bertz CT molecular complexity index is 428. The minimum atomic E-state index is -0.211. The molecule has 1 nitrogen and oxygen atoms in total. The largest absolute Gasteiger partial charge is 0.250 e. The molecule has 1 heterocycles. The maximum atomic E-state index is 5.86. The maximum absolute atomic E-state index is 5.86. The monoisotopic (exact) mass is 255 g/mol. The number of aromatic nitrogens is 1. The summed E-state index contributed by atoms with van der Waals surface area (Å²) in [6, 6.07) is 11.9. The number of para-hydroxylation sites is 1. The molecule has 0 radical (unpaired) electrons. The van der Waals surface area contributed by atoms with Gasteiger partial charge in [-0.1, -0.05) is 40.2 Å². The van der Waals surface area contributed by atoms with Crippen molar-refractivity contribution in [2.45, 2.75) is 4.29 Å². The average Bonchev–Trinajstić information content (AvgIpc) is 2.17. The Kier molecular flexibility index (Phi) is 2.51. The van der Waals surface area contributed by atoms with Gasteiger partial charge >= 0.3 is 0 Å². The molecule has 0 fully saturated rings. The first kappa shape index (κ1) is 8.97. The first-order valence-corrected chi connectivity index (χ1v) is 5.26. The summed E-state index contributed by atoms with van der Waals surface area (Å²) in [5.41, 5.74) is 1.82. The van der Waals surface area contributed by atoms with E-state index >= 15 is 0 Å². The molecule has 1 aromatic heterocycles. The number of alkyl halides is 2. The average molecular weight is 257 g/mol. The molecule has 0 bridgehead atoms. The van der Waals surface area contributed by atoms with Crippen LogP contribution < -0.4 is 0 Å². The van der Waals surface area contributed by atoms with E-state index in [1.54, 1.807) is 0 Å². The first-order valence-electron chi connectivity index (χ1n) is 3.91. The van der Waals surface area contributed by atoms with E-state index in [2.05, 4.69) is 20.9 Å². The van der Waals surface area contributed by atoms with Crippen LogP contribution in [0.4, 0.5) is 0 Å². The molecule has 3 heteroatoms. The highest BCUT2D eigenvalue weighted by Gasteiger charge is 2.04. The first-order chi connectivity index (χ1) is 6.27. The minimum Gasteiger partial charge on any atom is -0.250 e. The van der Waals surface area contributed by atoms with Gasteiger partial charge in [-0.3, -0.25) is 4.98 Å². The van der Waals surface area contributed by atoms with Crippen LogP contribution in [0.5, 0.6) is 0 Å². The van der Waals surface area contributed by atoms with Gasteiger partial charge < -0.3 is 0 Å². The quantitative estimate of drug-likeness (QED) is 0.706. The lowest BCUT2D eigenvalue weighted by Gasteiger charge is -2.02. The third-order valence-corrected chi connectivity index (χ3v) is 2.54. The van der Waals surface area contributed by atoms with Crippen LogP contribution in [0, 0.1) is 0 Å². The second-order valence-electron chi connectivity index (χ2n) is 2.73. The molecule has 0 saturated carbocycles. The molecule has 0 amide bonds. The van der Waals surface area contributed by atoms with E-state index in [1.165, 1.54) is 0 Å². The second-order valence-corrected chi connectivity index (χ2v) is 4.61. The number of rotatable bonds is 1. The highest BCUT2D eigenvalue weighted by Crippen LogP contribution is 2.26. The van der Waals surface area contributed by atoms with Crippen molar-refractivity contribution in [2.75, 3.05) is 0 Å². The van der Waals surface area contributed by atoms with Crippen LogP contribution in [0.15, 0.2) is 36.4 Å². The van der Waals surface area contributed by atoms with Gasteiger partial charge in [-0.05, 0) is 12.1 Å². The molecule has 13 heavy (non-hydrogen) atoms. The van der Waals surface area contributed by atoms with E-state index in [4.69, 9.17) is 11.6 Å². The van der Waals surface area contributed by atoms with Gasteiger partial charge in [0.1, 0.15) is 4.29 Å². The number of pyridine rings is 1. The van der Waals surface area contributed by atoms with Crippen molar-refractivity contribution in [1.82, 2.24) is 4.98 Å². The molecule has 0 unspecified atom stereocenters. The van der Waals surface area contributed by atoms with Crippen molar-refractivity contribution in [1.29, 1.82) is 0 Å². The van der Waals surface area contributed by atoms with Crippen LogP contribution in [0.2, 0.25) is 0 Å². The number of hydrogen-bond donors (Lipinski definition) is 0. The van der Waals surface area contributed by atoms with Gasteiger partial charge in [-0.2, -0.15) is 0 Å². The Hall–Kier alpha value is -0.600. The van der Waals surface area contributed by atoms with Crippen molar-refractivity contribution in [3.8, 4) is 0 Å². The minimum absolute atomic E-state index is 0.211. The lowest BCUT2D eigenvalue weighted by Crippen LogP contribution is -1.87. The molecule has 0 N–H and O–H groups in total. The Balaban J connectivity index is 2.62. The summed E-state index contributed by atoms with van der Waals surface area (Å²) in [5.74, 6) is 0. The molecule has 0 spiro atoms. The smallest absolute Gasteiger partial charge is 0.130 e. The molecule has 0 aliphatic carbocycles. The van der Waals surface area contributed by atoms with Crippen molar-refractivity contribution in [3.05, 3.63) is 42.1 Å². The summed E-state index contributed by atoms with van der Waals surface area (Å²) >= 11 is 9.13. The molecule has 0 aliphatic heterocycles. The summed E-state index contributed by atoms with van der Waals surface area (Å²) in [5, 5.41) is 1.14. The summed E-state index contributed by atoms with van der Waals surface area (Å²) in [7, 11) is 0. The maximum Gasteiger partial charge on any atom is 0.130 e. The number of hydrogen-bond acceptors (Lipinski definition) is 1. The van der Waals surface area contributed by atoms with E-state index in [9.17, 15) is 0 Å². The van der Waals surface area contributed by atoms with E-state index < -0.39 is 0 Å². The summed E-state index contributed by atoms with van der Waals surface area (Å²) in [6.07, 6.45) is 0. The van der Waals surface area contributed by atoms with Crippen LogP contribution in [-0.2, 0) is 0 Å². The number of fused-ring (bicyclic) bond motifs is 1. The highest BCUT2D eigenvalue weighted by molar-refractivity contribution is 9.09. The topological polar surface area (TPSA) is 12.9 Å². The zero-order valence-corrected chi connectivity index (χ0v) is 9.09. The molecule has 2 rings (SSSR count). The zero-order valence-electron chi connectivity index (χ0n) is 6.74. The van der Waals surface area contributed by atoms with Crippen LogP contribution >= 0.6 is 27.5 Å². The Morgan fingerprint density at radius 2 is 1.92 bits per heavy atom. The van der Waals surface area contributed by atoms with Crippen molar-refractivity contribution in [3.63, 3.8) is 0 Å². The van der Waals surface area contributed by atoms with Crippen molar-refractivity contribution in [2.24, 2.45) is 0 Å².